The van der Waals surface area contributed by atoms with Crippen LogP contribution < -0.4 is 26.2 Å². The lowest BCUT2D eigenvalue weighted by Crippen LogP contribution is -2.61. The first-order valence-corrected chi connectivity index (χ1v) is 34.1. The molecule has 0 spiro atoms. The standard InChI is InChI=1S/C92H71BN4/c1-91(2,3)65-50-53-83-79(58-65)93-78-52-51-68(94-80-47-25-22-40-72(80)73-41-23-26-48-81(73)94)59-84(78)97(90-76(62-34-16-9-17-35-62)56-66(92(4,5)6)57-77(90)63-36-18-10-19-37-63)86-55-64(71-45-29-46-75-74-42-24-27-49-82(74)95(89(71)75)67-38-20-11-21-39-67)54-85(87(86)93)96(83)88-69(60-30-12-7-13-31-60)43-28-44-70(88)61-32-14-8-15-33-61/h7-59H,1-6H3. The minimum Gasteiger partial charge on any atom is -0.310 e. The van der Waals surface area contributed by atoms with Crippen LogP contribution in [0.5, 0.6) is 0 Å². The van der Waals surface area contributed by atoms with Gasteiger partial charge in [0, 0.05) is 83.5 Å². The second-order valence-electron chi connectivity index (χ2n) is 28.4. The second kappa shape index (κ2) is 22.5. The number of nitrogens with zero attached hydrogens (tertiary/aromatic N) is 4. The van der Waals surface area contributed by atoms with Gasteiger partial charge in [-0.25, -0.2) is 0 Å². The topological polar surface area (TPSA) is 16.3 Å². The minimum absolute atomic E-state index is 0.173. The lowest BCUT2D eigenvalue weighted by atomic mass is 9.33. The number of hydrogen-bond acceptors (Lipinski definition) is 2. The Labute approximate surface area is 568 Å². The average Bonchev–Trinajstić information content (AvgIpc) is 1.18. The Kier molecular flexibility index (Phi) is 13.4. The van der Waals surface area contributed by atoms with Gasteiger partial charge in [0.1, 0.15) is 0 Å². The van der Waals surface area contributed by atoms with Gasteiger partial charge in [-0.3, -0.25) is 0 Å². The van der Waals surface area contributed by atoms with Crippen LogP contribution in [0.4, 0.5) is 34.1 Å². The molecule has 2 aliphatic heterocycles. The van der Waals surface area contributed by atoms with E-state index in [1.807, 2.05) is 0 Å². The van der Waals surface area contributed by atoms with E-state index >= 15 is 0 Å². The molecule has 4 heterocycles. The SMILES string of the molecule is CC(C)(C)c1ccc2c(c1)B1c3ccc(-n4c5ccccc5c5ccccc54)cc3N(c3c(-c4ccccc4)cc(C(C)(C)C)cc3-c3ccccc3)c3cc(-c4cccc5c6ccccc6n(-c6ccccc6)c45)cc(c31)N2c1c(-c2ccccc2)cccc1-c1ccccc1. The molecule has 2 aliphatic rings. The largest absolute Gasteiger partial charge is 0.310 e. The summed E-state index contributed by atoms with van der Waals surface area (Å²) >= 11 is 0. The van der Waals surface area contributed by atoms with Gasteiger partial charge < -0.3 is 18.9 Å². The summed E-state index contributed by atoms with van der Waals surface area (Å²) in [5, 5.41) is 4.87. The van der Waals surface area contributed by atoms with E-state index in [9.17, 15) is 0 Å². The van der Waals surface area contributed by atoms with Crippen LogP contribution in [-0.2, 0) is 10.8 Å². The Bertz CT molecular complexity index is 5600. The van der Waals surface area contributed by atoms with Gasteiger partial charge in [-0.1, -0.05) is 290 Å². The van der Waals surface area contributed by atoms with Crippen LogP contribution in [0.1, 0.15) is 52.7 Å². The van der Waals surface area contributed by atoms with E-state index in [2.05, 4.69) is 382 Å². The third-order valence-corrected chi connectivity index (χ3v) is 20.6. The quantitative estimate of drug-likeness (QED) is 0.134. The van der Waals surface area contributed by atoms with Crippen LogP contribution in [0.3, 0.4) is 0 Å². The summed E-state index contributed by atoms with van der Waals surface area (Å²) in [5.74, 6) is 0. The molecule has 5 heteroatoms. The van der Waals surface area contributed by atoms with Gasteiger partial charge in [0.25, 0.3) is 6.71 Å². The highest BCUT2D eigenvalue weighted by atomic mass is 15.2. The lowest BCUT2D eigenvalue weighted by molar-refractivity contribution is 0.590. The minimum atomic E-state index is -0.226. The normalized spacial score (nSPS) is 12.8. The molecule has 462 valence electrons. The Morgan fingerprint density at radius 1 is 0.258 bits per heavy atom. The van der Waals surface area contributed by atoms with E-state index in [4.69, 9.17) is 0 Å². The van der Waals surface area contributed by atoms with Gasteiger partial charge >= 0.3 is 0 Å². The maximum absolute atomic E-state index is 2.73. The van der Waals surface area contributed by atoms with Crippen LogP contribution in [-0.4, -0.2) is 15.8 Å². The van der Waals surface area contributed by atoms with Crippen LogP contribution in [0.15, 0.2) is 322 Å². The Hall–Kier alpha value is -11.7. The van der Waals surface area contributed by atoms with Crippen LogP contribution in [0, 0.1) is 0 Å². The summed E-state index contributed by atoms with van der Waals surface area (Å²) in [7, 11) is 0. The van der Waals surface area contributed by atoms with Gasteiger partial charge in [-0.2, -0.15) is 0 Å². The zero-order chi connectivity index (χ0) is 65.3. The van der Waals surface area contributed by atoms with Gasteiger partial charge in [-0.05, 0) is 139 Å². The fraction of sp³-hybridized carbons (Fsp3) is 0.0870. The highest BCUT2D eigenvalue weighted by molar-refractivity contribution is 7.00. The van der Waals surface area contributed by atoms with Gasteiger partial charge in [0.2, 0.25) is 0 Å². The highest BCUT2D eigenvalue weighted by Crippen LogP contribution is 2.55. The molecular weight excluding hydrogens is 1170 g/mol. The van der Waals surface area contributed by atoms with E-state index in [0.29, 0.717) is 0 Å². The molecule has 0 atom stereocenters. The monoisotopic (exact) mass is 1240 g/mol. The number of rotatable bonds is 9. The molecule has 14 aromatic carbocycles. The molecule has 0 amide bonds. The first-order chi connectivity index (χ1) is 47.4. The van der Waals surface area contributed by atoms with Crippen molar-refractivity contribution in [3.8, 4) is 67.0 Å². The molecule has 0 fully saturated rings. The third-order valence-electron chi connectivity index (χ3n) is 20.6. The van der Waals surface area contributed by atoms with Crippen LogP contribution in [0.25, 0.3) is 111 Å². The molecular formula is C92H71BN4. The van der Waals surface area contributed by atoms with Crippen molar-refractivity contribution in [1.82, 2.24) is 9.13 Å². The molecule has 0 unspecified atom stereocenters. The third kappa shape index (κ3) is 9.35. The Balaban J connectivity index is 1.06. The fourth-order valence-electron chi connectivity index (χ4n) is 16.0. The van der Waals surface area contributed by atoms with Crippen molar-refractivity contribution in [2.24, 2.45) is 0 Å². The zero-order valence-corrected chi connectivity index (χ0v) is 55.5. The molecule has 2 aromatic heterocycles. The van der Waals surface area contributed by atoms with Crippen molar-refractivity contribution in [3.05, 3.63) is 333 Å². The van der Waals surface area contributed by atoms with E-state index in [1.54, 1.807) is 0 Å². The second-order valence-corrected chi connectivity index (χ2v) is 28.4. The summed E-state index contributed by atoms with van der Waals surface area (Å²) < 4.78 is 5.01. The smallest absolute Gasteiger partial charge is 0.252 e. The van der Waals surface area contributed by atoms with Crippen molar-refractivity contribution in [1.29, 1.82) is 0 Å². The molecule has 97 heavy (non-hydrogen) atoms. The molecule has 0 radical (unpaired) electrons. The van der Waals surface area contributed by atoms with Crippen molar-refractivity contribution < 1.29 is 0 Å². The molecule has 0 saturated heterocycles. The Morgan fingerprint density at radius 3 is 1.21 bits per heavy atom. The van der Waals surface area contributed by atoms with E-state index in [0.717, 1.165) is 112 Å². The molecule has 0 aliphatic carbocycles. The summed E-state index contributed by atoms with van der Waals surface area (Å²) in [5.41, 5.74) is 31.0. The van der Waals surface area contributed by atoms with Crippen LogP contribution in [0.2, 0.25) is 0 Å². The molecule has 0 saturated carbocycles. The first kappa shape index (κ1) is 58.0. The fourth-order valence-corrected chi connectivity index (χ4v) is 16.0. The number of benzene rings is 14. The summed E-state index contributed by atoms with van der Waals surface area (Å²) in [6.07, 6.45) is 0. The summed E-state index contributed by atoms with van der Waals surface area (Å²) in [6, 6.07) is 121. The number of hydrogen-bond donors (Lipinski definition) is 0. The first-order valence-electron chi connectivity index (χ1n) is 34.1. The Morgan fingerprint density at radius 2 is 0.680 bits per heavy atom. The highest BCUT2D eigenvalue weighted by Gasteiger charge is 2.46. The maximum atomic E-state index is 2.73. The van der Waals surface area contributed by atoms with E-state index in [-0.39, 0.29) is 17.5 Å². The number of para-hydroxylation sites is 6. The zero-order valence-electron chi connectivity index (χ0n) is 55.5. The van der Waals surface area contributed by atoms with Gasteiger partial charge in [0.05, 0.1) is 33.4 Å². The van der Waals surface area contributed by atoms with E-state index < -0.39 is 0 Å². The molecule has 4 nitrogen and oxygen atoms in total. The van der Waals surface area contributed by atoms with Crippen molar-refractivity contribution >= 4 is 101 Å². The molecule has 0 bridgehead atoms. The number of aromatic nitrogens is 2. The van der Waals surface area contributed by atoms with Gasteiger partial charge in [-0.15, -0.1) is 0 Å². The summed E-state index contributed by atoms with van der Waals surface area (Å²) in [4.78, 5) is 5.42. The van der Waals surface area contributed by atoms with Crippen LogP contribution >= 0.6 is 0 Å². The molecule has 18 rings (SSSR count). The average molecular weight is 1240 g/mol. The van der Waals surface area contributed by atoms with Crippen molar-refractivity contribution in [2.75, 3.05) is 9.80 Å². The predicted molar refractivity (Wildman–Crippen MR) is 414 cm³/mol. The van der Waals surface area contributed by atoms with E-state index in [1.165, 1.54) is 60.1 Å². The molecule has 16 aromatic rings. The summed E-state index contributed by atoms with van der Waals surface area (Å²) in [6.45, 7) is 13.9. The maximum Gasteiger partial charge on any atom is 0.252 e. The van der Waals surface area contributed by atoms with Crippen molar-refractivity contribution in [2.45, 2.75) is 52.4 Å². The number of anilines is 6. The lowest BCUT2D eigenvalue weighted by Gasteiger charge is -2.46. The molecule has 0 N–H and O–H groups in total. The number of fused-ring (bicyclic) bond motifs is 10. The predicted octanol–water partition coefficient (Wildman–Crippen LogP) is 22.9. The van der Waals surface area contributed by atoms with Gasteiger partial charge in [0.15, 0.2) is 0 Å². The van der Waals surface area contributed by atoms with Crippen molar-refractivity contribution in [3.63, 3.8) is 0 Å².